The lowest BCUT2D eigenvalue weighted by Crippen LogP contribution is -2.27. The average Bonchev–Trinajstić information content (AvgIpc) is 2.63. The molecule has 1 aromatic carbocycles. The number of nitrogens with zero attached hydrogens (tertiary/aromatic N) is 1. The molecule has 0 fully saturated rings. The molecule has 1 aliphatic heterocycles. The van der Waals surface area contributed by atoms with Gasteiger partial charge in [0.25, 0.3) is 0 Å². The van der Waals surface area contributed by atoms with Crippen LogP contribution in [-0.4, -0.2) is 19.0 Å². The van der Waals surface area contributed by atoms with Gasteiger partial charge >= 0.3 is 0 Å². The van der Waals surface area contributed by atoms with Crippen LogP contribution in [0.25, 0.3) is 0 Å². The van der Waals surface area contributed by atoms with Crippen molar-refractivity contribution in [3.05, 3.63) is 29.6 Å². The summed E-state index contributed by atoms with van der Waals surface area (Å²) in [5.74, 6) is -2.62. The van der Waals surface area contributed by atoms with Gasteiger partial charge < -0.3 is 10.6 Å². The van der Waals surface area contributed by atoms with E-state index in [0.29, 0.717) is 31.2 Å². The quantitative estimate of drug-likeness (QED) is 0.800. The average molecular weight is 252 g/mol. The van der Waals surface area contributed by atoms with E-state index in [1.54, 1.807) is 0 Å². The van der Waals surface area contributed by atoms with E-state index in [0.717, 1.165) is 0 Å². The Bertz CT molecular complexity index is 399. The fourth-order valence-corrected chi connectivity index (χ4v) is 1.26. The predicted molar refractivity (Wildman–Crippen MR) is 57.5 cm³/mol. The number of halogens is 4. The summed E-state index contributed by atoms with van der Waals surface area (Å²) in [5, 5.41) is 5.21. The monoisotopic (exact) mass is 251 g/mol. The van der Waals surface area contributed by atoms with Gasteiger partial charge in [0.05, 0.1) is 6.54 Å². The second-order valence-electron chi connectivity index (χ2n) is 3.03. The first kappa shape index (κ1) is 12.6. The van der Waals surface area contributed by atoms with Gasteiger partial charge in [0.1, 0.15) is 11.5 Å². The summed E-state index contributed by atoms with van der Waals surface area (Å²) in [4.78, 5) is 3.90. The summed E-state index contributed by atoms with van der Waals surface area (Å²) >= 11 is 0. The molecule has 2 N–H and O–H groups in total. The number of benzene rings is 1. The van der Waals surface area contributed by atoms with Gasteiger partial charge in [-0.2, -0.15) is 0 Å². The number of aliphatic imine (C=N–C) groups is 1. The summed E-state index contributed by atoms with van der Waals surface area (Å²) in [7, 11) is 0. The van der Waals surface area contributed by atoms with Gasteiger partial charge in [-0.15, -0.1) is 12.4 Å². The topological polar surface area (TPSA) is 36.4 Å². The summed E-state index contributed by atoms with van der Waals surface area (Å²) in [6, 6.07) is 1.22. The Morgan fingerprint density at radius 3 is 2.31 bits per heavy atom. The Labute approximate surface area is 96.2 Å². The molecular weight excluding hydrogens is 243 g/mol. The number of anilines is 1. The number of hydrogen-bond acceptors (Lipinski definition) is 3. The number of rotatable bonds is 1. The van der Waals surface area contributed by atoms with Crippen LogP contribution in [0.2, 0.25) is 0 Å². The zero-order chi connectivity index (χ0) is 10.8. The van der Waals surface area contributed by atoms with Gasteiger partial charge in [-0.1, -0.05) is 0 Å². The highest BCUT2D eigenvalue weighted by molar-refractivity contribution is 5.94. The summed E-state index contributed by atoms with van der Waals surface area (Å²) in [6.07, 6.45) is 0. The van der Waals surface area contributed by atoms with E-state index in [1.807, 2.05) is 0 Å². The smallest absolute Gasteiger partial charge is 0.196 e. The van der Waals surface area contributed by atoms with Crippen molar-refractivity contribution in [2.45, 2.75) is 0 Å². The highest BCUT2D eigenvalue weighted by atomic mass is 35.5. The SMILES string of the molecule is Cl.Fc1cc(F)c(NC2=NCCN2)c(F)c1. The second-order valence-corrected chi connectivity index (χ2v) is 3.03. The molecule has 1 heterocycles. The van der Waals surface area contributed by atoms with Crippen LogP contribution in [0.5, 0.6) is 0 Å². The molecule has 0 radical (unpaired) electrons. The van der Waals surface area contributed by atoms with Gasteiger partial charge in [0.15, 0.2) is 17.6 Å². The Kier molecular flexibility index (Phi) is 4.00. The molecular formula is C9H9ClF3N3. The Hall–Kier alpha value is -1.43. The summed E-state index contributed by atoms with van der Waals surface area (Å²) < 4.78 is 38.8. The maximum atomic E-state index is 13.1. The van der Waals surface area contributed by atoms with Crippen LogP contribution in [0.4, 0.5) is 18.9 Å². The fourth-order valence-electron chi connectivity index (χ4n) is 1.26. The maximum absolute atomic E-state index is 13.1. The molecule has 2 rings (SSSR count). The van der Waals surface area contributed by atoms with Crippen molar-refractivity contribution in [2.24, 2.45) is 4.99 Å². The Morgan fingerprint density at radius 1 is 1.19 bits per heavy atom. The molecule has 88 valence electrons. The first-order valence-electron chi connectivity index (χ1n) is 4.37. The maximum Gasteiger partial charge on any atom is 0.196 e. The Morgan fingerprint density at radius 2 is 1.81 bits per heavy atom. The van der Waals surface area contributed by atoms with Crippen molar-refractivity contribution in [1.29, 1.82) is 0 Å². The molecule has 1 aliphatic rings. The molecule has 0 amide bonds. The molecule has 3 nitrogen and oxygen atoms in total. The van der Waals surface area contributed by atoms with Gasteiger partial charge in [-0.25, -0.2) is 13.2 Å². The van der Waals surface area contributed by atoms with E-state index in [1.165, 1.54) is 0 Å². The van der Waals surface area contributed by atoms with Crippen LogP contribution in [0.1, 0.15) is 0 Å². The van der Waals surface area contributed by atoms with Crippen LogP contribution in [0, 0.1) is 17.5 Å². The predicted octanol–water partition coefficient (Wildman–Crippen LogP) is 1.90. The van der Waals surface area contributed by atoms with E-state index >= 15 is 0 Å². The molecule has 0 saturated heterocycles. The van der Waals surface area contributed by atoms with Crippen LogP contribution in [0.15, 0.2) is 17.1 Å². The molecule has 16 heavy (non-hydrogen) atoms. The molecule has 1 aromatic rings. The first-order chi connectivity index (χ1) is 7.16. The second kappa shape index (κ2) is 5.07. The minimum atomic E-state index is -0.982. The lowest BCUT2D eigenvalue weighted by Gasteiger charge is -2.08. The van der Waals surface area contributed by atoms with Crippen LogP contribution < -0.4 is 10.6 Å². The van der Waals surface area contributed by atoms with Crippen molar-refractivity contribution < 1.29 is 13.2 Å². The van der Waals surface area contributed by atoms with Crippen LogP contribution in [-0.2, 0) is 0 Å². The number of guanidine groups is 1. The third kappa shape index (κ3) is 2.57. The van der Waals surface area contributed by atoms with Crippen molar-refractivity contribution in [3.8, 4) is 0 Å². The summed E-state index contributed by atoms with van der Waals surface area (Å²) in [6.45, 7) is 1.17. The highest BCUT2D eigenvalue weighted by Gasteiger charge is 2.14. The van der Waals surface area contributed by atoms with Gasteiger partial charge in [-0.05, 0) is 0 Å². The fraction of sp³-hybridized carbons (Fsp3) is 0.222. The third-order valence-corrected chi connectivity index (χ3v) is 1.92. The molecule has 0 aliphatic carbocycles. The van der Waals surface area contributed by atoms with Crippen molar-refractivity contribution in [3.63, 3.8) is 0 Å². The largest absolute Gasteiger partial charge is 0.354 e. The third-order valence-electron chi connectivity index (χ3n) is 1.92. The van der Waals surface area contributed by atoms with Crippen LogP contribution in [0.3, 0.4) is 0 Å². The Balaban J connectivity index is 0.00000128. The lowest BCUT2D eigenvalue weighted by atomic mass is 10.3. The van der Waals surface area contributed by atoms with E-state index in [2.05, 4.69) is 15.6 Å². The normalized spacial score (nSPS) is 13.8. The first-order valence-corrected chi connectivity index (χ1v) is 4.37. The minimum Gasteiger partial charge on any atom is -0.354 e. The van der Waals surface area contributed by atoms with Crippen molar-refractivity contribution in [2.75, 3.05) is 18.4 Å². The summed E-state index contributed by atoms with van der Waals surface area (Å²) in [5.41, 5.74) is -0.399. The van der Waals surface area contributed by atoms with E-state index in [-0.39, 0.29) is 12.4 Å². The number of hydrogen-bond donors (Lipinski definition) is 2. The molecule has 0 saturated carbocycles. The van der Waals surface area contributed by atoms with Gasteiger partial charge in [0.2, 0.25) is 0 Å². The highest BCUT2D eigenvalue weighted by Crippen LogP contribution is 2.20. The minimum absolute atomic E-state index is 0. The van der Waals surface area contributed by atoms with Gasteiger partial charge in [-0.3, -0.25) is 4.99 Å². The molecule has 7 heteroatoms. The van der Waals surface area contributed by atoms with Crippen molar-refractivity contribution >= 4 is 24.1 Å². The lowest BCUT2D eigenvalue weighted by molar-refractivity contribution is 0.549. The zero-order valence-corrected chi connectivity index (χ0v) is 8.87. The molecule has 0 atom stereocenters. The van der Waals surface area contributed by atoms with Crippen LogP contribution >= 0.6 is 12.4 Å². The van der Waals surface area contributed by atoms with E-state index in [4.69, 9.17) is 0 Å². The zero-order valence-electron chi connectivity index (χ0n) is 8.06. The van der Waals surface area contributed by atoms with E-state index in [9.17, 15) is 13.2 Å². The molecule has 0 aromatic heterocycles. The van der Waals surface area contributed by atoms with E-state index < -0.39 is 23.1 Å². The van der Waals surface area contributed by atoms with Crippen molar-refractivity contribution in [1.82, 2.24) is 5.32 Å². The molecule has 0 bridgehead atoms. The standard InChI is InChI=1S/C9H8F3N3.ClH/c10-5-3-6(11)8(7(12)4-5)15-9-13-1-2-14-9;/h3-4H,1-2H2,(H2,13,14,15);1H. The number of nitrogens with one attached hydrogen (secondary N) is 2. The molecule has 0 unspecified atom stereocenters. The van der Waals surface area contributed by atoms with Gasteiger partial charge in [0, 0.05) is 18.7 Å². The molecule has 0 spiro atoms.